The molecule has 6 nitrogen and oxygen atoms in total. The molecule has 0 fully saturated rings. The molecule has 2 heterocycles. The van der Waals surface area contributed by atoms with Crippen LogP contribution in [0.2, 0.25) is 0 Å². The number of aryl methyl sites for hydroxylation is 2. The number of H-pyrrole nitrogens is 1. The lowest BCUT2D eigenvalue weighted by Crippen LogP contribution is -2.17. The van der Waals surface area contributed by atoms with Gasteiger partial charge in [-0.3, -0.25) is 4.79 Å². The second-order valence-corrected chi connectivity index (χ2v) is 7.54. The molecular weight excluding hydrogens is 364 g/mol. The summed E-state index contributed by atoms with van der Waals surface area (Å²) in [6.45, 7) is 8.21. The van der Waals surface area contributed by atoms with Crippen LogP contribution in [0, 0.1) is 13.8 Å². The van der Waals surface area contributed by atoms with Crippen LogP contribution in [0.15, 0.2) is 29.1 Å². The Morgan fingerprint density at radius 2 is 1.96 bits per heavy atom. The lowest BCUT2D eigenvalue weighted by atomic mass is 10.2. The van der Waals surface area contributed by atoms with Crippen molar-refractivity contribution in [1.29, 1.82) is 0 Å². The lowest BCUT2D eigenvalue weighted by molar-refractivity contribution is 0.0320. The molecule has 2 aromatic heterocycles. The van der Waals surface area contributed by atoms with Gasteiger partial charge in [-0.2, -0.15) is 0 Å². The zero-order valence-corrected chi connectivity index (χ0v) is 16.6. The zero-order valence-electron chi connectivity index (χ0n) is 15.8. The summed E-state index contributed by atoms with van der Waals surface area (Å²) < 4.78 is 11.0. The summed E-state index contributed by atoms with van der Waals surface area (Å²) in [5.41, 5.74) is 1.14. The third kappa shape index (κ3) is 4.03. The molecule has 0 amide bonds. The number of fused-ring (bicyclic) bond motifs is 1. The van der Waals surface area contributed by atoms with Crippen molar-refractivity contribution in [3.05, 3.63) is 56.4 Å². The van der Waals surface area contributed by atoms with Gasteiger partial charge in [-0.25, -0.2) is 9.78 Å². The standard InChI is InChI=1S/C20H22N2O4S/c1-5-10-25-15-8-6-14(7-9-15)20(24)26-12(3)17-21-18(23)16-11(2)13(4)27-19(16)22-17/h6-9,12H,5,10H2,1-4H3,(H,21,22,23)/t12-/m1/s1. The molecule has 142 valence electrons. The number of thiophene rings is 1. The molecule has 0 unspecified atom stereocenters. The summed E-state index contributed by atoms with van der Waals surface area (Å²) in [6, 6.07) is 6.79. The Morgan fingerprint density at radius 3 is 2.63 bits per heavy atom. The maximum Gasteiger partial charge on any atom is 0.338 e. The Kier molecular flexibility index (Phi) is 5.60. The molecule has 0 aliphatic heterocycles. The van der Waals surface area contributed by atoms with Crippen LogP contribution in [0.3, 0.4) is 0 Å². The maximum absolute atomic E-state index is 12.4. The quantitative estimate of drug-likeness (QED) is 0.639. The van der Waals surface area contributed by atoms with Crippen molar-refractivity contribution in [3.8, 4) is 5.75 Å². The van der Waals surface area contributed by atoms with Crippen LogP contribution in [-0.2, 0) is 4.74 Å². The minimum Gasteiger partial charge on any atom is -0.494 e. The molecule has 3 aromatic rings. The summed E-state index contributed by atoms with van der Waals surface area (Å²) in [6.07, 6.45) is 0.244. The van der Waals surface area contributed by atoms with E-state index in [4.69, 9.17) is 9.47 Å². The number of hydrogen-bond donors (Lipinski definition) is 1. The fourth-order valence-electron chi connectivity index (χ4n) is 2.66. The van der Waals surface area contributed by atoms with E-state index in [1.54, 1.807) is 31.2 Å². The number of benzene rings is 1. The molecule has 0 aliphatic rings. The molecule has 27 heavy (non-hydrogen) atoms. The number of hydrogen-bond acceptors (Lipinski definition) is 6. The summed E-state index contributed by atoms with van der Waals surface area (Å²) in [5, 5.41) is 0.599. The van der Waals surface area contributed by atoms with Crippen molar-refractivity contribution >= 4 is 27.5 Å². The first-order chi connectivity index (χ1) is 12.9. The van der Waals surface area contributed by atoms with E-state index >= 15 is 0 Å². The van der Waals surface area contributed by atoms with Gasteiger partial charge < -0.3 is 14.5 Å². The summed E-state index contributed by atoms with van der Waals surface area (Å²) in [7, 11) is 0. The van der Waals surface area contributed by atoms with Gasteiger partial charge in [-0.1, -0.05) is 6.92 Å². The monoisotopic (exact) mass is 386 g/mol. The van der Waals surface area contributed by atoms with Crippen molar-refractivity contribution in [2.45, 2.75) is 40.2 Å². The van der Waals surface area contributed by atoms with E-state index in [0.29, 0.717) is 34.0 Å². The number of rotatable bonds is 6. The molecule has 0 aliphatic carbocycles. The molecule has 0 radical (unpaired) electrons. The lowest BCUT2D eigenvalue weighted by Gasteiger charge is -2.13. The minimum atomic E-state index is -0.673. The Balaban J connectivity index is 1.76. The summed E-state index contributed by atoms with van der Waals surface area (Å²) in [5.74, 6) is 0.567. The van der Waals surface area contributed by atoms with Crippen molar-refractivity contribution in [3.63, 3.8) is 0 Å². The zero-order chi connectivity index (χ0) is 19.6. The largest absolute Gasteiger partial charge is 0.494 e. The van der Waals surface area contributed by atoms with Gasteiger partial charge in [0, 0.05) is 4.88 Å². The van der Waals surface area contributed by atoms with E-state index in [0.717, 1.165) is 16.9 Å². The fraction of sp³-hybridized carbons (Fsp3) is 0.350. The van der Waals surface area contributed by atoms with Gasteiger partial charge in [0.05, 0.1) is 17.6 Å². The van der Waals surface area contributed by atoms with Crippen LogP contribution in [0.1, 0.15) is 53.0 Å². The van der Waals surface area contributed by atoms with Gasteiger partial charge in [0.1, 0.15) is 10.6 Å². The number of carbonyl (C=O) groups excluding carboxylic acids is 1. The Bertz CT molecular complexity index is 1020. The van der Waals surface area contributed by atoms with E-state index in [9.17, 15) is 9.59 Å². The summed E-state index contributed by atoms with van der Waals surface area (Å²) >= 11 is 1.46. The average molecular weight is 386 g/mol. The molecule has 0 bridgehead atoms. The smallest absolute Gasteiger partial charge is 0.338 e. The molecule has 1 atom stereocenters. The molecule has 3 rings (SSSR count). The van der Waals surface area contributed by atoms with Crippen molar-refractivity contribution < 1.29 is 14.3 Å². The predicted molar refractivity (Wildman–Crippen MR) is 106 cm³/mol. The second kappa shape index (κ2) is 7.92. The maximum atomic E-state index is 12.4. The molecular formula is C20H22N2O4S. The molecule has 7 heteroatoms. The van der Waals surface area contributed by atoms with Gasteiger partial charge in [0.15, 0.2) is 11.9 Å². The first-order valence-electron chi connectivity index (χ1n) is 8.84. The van der Waals surface area contributed by atoms with E-state index in [2.05, 4.69) is 9.97 Å². The Morgan fingerprint density at radius 1 is 1.26 bits per heavy atom. The topological polar surface area (TPSA) is 81.3 Å². The van der Waals surface area contributed by atoms with Crippen LogP contribution in [0.25, 0.3) is 10.2 Å². The number of aromatic nitrogens is 2. The number of nitrogens with one attached hydrogen (secondary N) is 1. The number of nitrogens with zero attached hydrogens (tertiary/aromatic N) is 1. The van der Waals surface area contributed by atoms with E-state index in [1.165, 1.54) is 11.3 Å². The fourth-order valence-corrected chi connectivity index (χ4v) is 3.69. The minimum absolute atomic E-state index is 0.211. The number of aromatic amines is 1. The van der Waals surface area contributed by atoms with Gasteiger partial charge in [-0.05, 0) is 57.0 Å². The van der Waals surface area contributed by atoms with E-state index in [1.807, 2.05) is 20.8 Å². The van der Waals surface area contributed by atoms with E-state index < -0.39 is 12.1 Å². The Labute approximate surface area is 161 Å². The van der Waals surface area contributed by atoms with Crippen molar-refractivity contribution in [2.24, 2.45) is 0 Å². The average Bonchev–Trinajstić information content (AvgIpc) is 2.94. The van der Waals surface area contributed by atoms with Gasteiger partial charge in [0.2, 0.25) is 0 Å². The molecule has 1 aromatic carbocycles. The molecule has 0 saturated heterocycles. The second-order valence-electron chi connectivity index (χ2n) is 6.33. The molecule has 0 spiro atoms. The third-order valence-electron chi connectivity index (χ3n) is 4.29. The highest BCUT2D eigenvalue weighted by Crippen LogP contribution is 2.27. The first-order valence-corrected chi connectivity index (χ1v) is 9.66. The van der Waals surface area contributed by atoms with E-state index in [-0.39, 0.29) is 5.56 Å². The molecule has 0 saturated carbocycles. The third-order valence-corrected chi connectivity index (χ3v) is 5.39. The van der Waals surface area contributed by atoms with Gasteiger partial charge in [-0.15, -0.1) is 11.3 Å². The van der Waals surface area contributed by atoms with Crippen LogP contribution in [-0.4, -0.2) is 22.5 Å². The highest BCUT2D eigenvalue weighted by Gasteiger charge is 2.19. The number of carbonyl (C=O) groups is 1. The van der Waals surface area contributed by atoms with Crippen molar-refractivity contribution in [2.75, 3.05) is 6.61 Å². The van der Waals surface area contributed by atoms with Crippen LogP contribution >= 0.6 is 11.3 Å². The Hall–Kier alpha value is -2.67. The highest BCUT2D eigenvalue weighted by atomic mass is 32.1. The highest BCUT2D eigenvalue weighted by molar-refractivity contribution is 7.18. The predicted octanol–water partition coefficient (Wildman–Crippen LogP) is 4.31. The van der Waals surface area contributed by atoms with Crippen molar-refractivity contribution in [1.82, 2.24) is 9.97 Å². The van der Waals surface area contributed by atoms with Gasteiger partial charge >= 0.3 is 5.97 Å². The van der Waals surface area contributed by atoms with Gasteiger partial charge in [0.25, 0.3) is 5.56 Å². The number of esters is 1. The normalized spacial score (nSPS) is 12.1. The summed E-state index contributed by atoms with van der Waals surface area (Å²) in [4.78, 5) is 33.7. The van der Waals surface area contributed by atoms with Crippen LogP contribution < -0.4 is 10.3 Å². The number of ether oxygens (including phenoxy) is 2. The van der Waals surface area contributed by atoms with Crippen LogP contribution in [0.4, 0.5) is 0 Å². The SMILES string of the molecule is CCCOc1ccc(C(=O)O[C@H](C)c2nc3sc(C)c(C)c3c(=O)[nH]2)cc1. The first kappa shape index (κ1) is 19.1. The van der Waals surface area contributed by atoms with Crippen LogP contribution in [0.5, 0.6) is 5.75 Å². The molecule has 1 N–H and O–H groups in total.